The van der Waals surface area contributed by atoms with Gasteiger partial charge in [-0.05, 0) is 19.1 Å². The van der Waals surface area contributed by atoms with Crippen LogP contribution >= 0.6 is 0 Å². The van der Waals surface area contributed by atoms with Gasteiger partial charge < -0.3 is 19.7 Å². The highest BCUT2D eigenvalue weighted by molar-refractivity contribution is 5.93. The summed E-state index contributed by atoms with van der Waals surface area (Å²) in [6.45, 7) is 3.83. The molecule has 1 aliphatic rings. The largest absolute Gasteiger partial charge is 0.376 e. The van der Waals surface area contributed by atoms with Crippen molar-refractivity contribution in [2.45, 2.75) is 19.1 Å². The van der Waals surface area contributed by atoms with E-state index >= 15 is 0 Å². The molecule has 0 saturated carbocycles. The predicted molar refractivity (Wildman–Crippen MR) is 75.9 cm³/mol. The molecular formula is C14H21N3O3. The predicted octanol–water partition coefficient (Wildman–Crippen LogP) is 0.999. The Bertz CT molecular complexity index is 447. The first-order valence-corrected chi connectivity index (χ1v) is 6.75. The van der Waals surface area contributed by atoms with Crippen molar-refractivity contribution in [2.24, 2.45) is 0 Å². The molecule has 0 aromatic carbocycles. The van der Waals surface area contributed by atoms with Gasteiger partial charge in [-0.1, -0.05) is 0 Å². The Morgan fingerprint density at radius 2 is 2.30 bits per heavy atom. The number of nitrogens with zero attached hydrogens (tertiary/aromatic N) is 2. The van der Waals surface area contributed by atoms with E-state index in [-0.39, 0.29) is 18.1 Å². The Balaban J connectivity index is 1.98. The van der Waals surface area contributed by atoms with E-state index in [1.807, 2.05) is 6.92 Å². The van der Waals surface area contributed by atoms with Crippen molar-refractivity contribution in [1.82, 2.24) is 9.88 Å². The summed E-state index contributed by atoms with van der Waals surface area (Å²) in [7, 11) is 3.44. The van der Waals surface area contributed by atoms with Crippen LogP contribution in [0.25, 0.3) is 0 Å². The lowest BCUT2D eigenvalue weighted by Crippen LogP contribution is -2.34. The highest BCUT2D eigenvalue weighted by atomic mass is 16.5. The molecule has 1 amide bonds. The van der Waals surface area contributed by atoms with E-state index < -0.39 is 0 Å². The van der Waals surface area contributed by atoms with Crippen LogP contribution in [0.3, 0.4) is 0 Å². The minimum absolute atomic E-state index is 0.0462. The molecule has 0 aliphatic carbocycles. The van der Waals surface area contributed by atoms with Crippen LogP contribution in [-0.2, 0) is 9.47 Å². The summed E-state index contributed by atoms with van der Waals surface area (Å²) in [5.74, 6) is 0.668. The summed E-state index contributed by atoms with van der Waals surface area (Å²) in [5.41, 5.74) is 0.574. The molecule has 1 N–H and O–H groups in total. The molecule has 1 aliphatic heterocycles. The number of hydrogen-bond donors (Lipinski definition) is 1. The normalized spacial score (nSPS) is 21.8. The van der Waals surface area contributed by atoms with Crippen LogP contribution in [0.5, 0.6) is 0 Å². The maximum Gasteiger partial charge on any atom is 0.254 e. The molecule has 1 saturated heterocycles. The topological polar surface area (TPSA) is 63.7 Å². The van der Waals surface area contributed by atoms with Gasteiger partial charge in [-0.25, -0.2) is 4.98 Å². The third-order valence-electron chi connectivity index (χ3n) is 3.16. The molecule has 110 valence electrons. The first-order chi connectivity index (χ1) is 9.61. The number of amides is 1. The van der Waals surface area contributed by atoms with Crippen molar-refractivity contribution >= 4 is 11.7 Å². The first kappa shape index (κ1) is 14.7. The van der Waals surface area contributed by atoms with Crippen molar-refractivity contribution in [3.05, 3.63) is 23.9 Å². The van der Waals surface area contributed by atoms with E-state index in [2.05, 4.69) is 10.3 Å². The highest BCUT2D eigenvalue weighted by Crippen LogP contribution is 2.15. The summed E-state index contributed by atoms with van der Waals surface area (Å²) in [4.78, 5) is 17.6. The van der Waals surface area contributed by atoms with Gasteiger partial charge in [-0.2, -0.15) is 0 Å². The highest BCUT2D eigenvalue weighted by Gasteiger charge is 2.28. The minimum Gasteiger partial charge on any atom is -0.376 e. The Morgan fingerprint density at radius 3 is 2.90 bits per heavy atom. The zero-order valence-corrected chi connectivity index (χ0v) is 12.1. The van der Waals surface area contributed by atoms with E-state index in [0.29, 0.717) is 25.4 Å². The average molecular weight is 279 g/mol. The average Bonchev–Trinajstić information content (AvgIpc) is 2.86. The van der Waals surface area contributed by atoms with Crippen LogP contribution in [0, 0.1) is 0 Å². The van der Waals surface area contributed by atoms with Gasteiger partial charge in [0.2, 0.25) is 0 Å². The molecule has 0 radical (unpaired) electrons. The quantitative estimate of drug-likeness (QED) is 0.871. The Labute approximate surface area is 119 Å². The maximum absolute atomic E-state index is 11.8. The number of hydrogen-bond acceptors (Lipinski definition) is 5. The standard InChI is InChI=1S/C14H21N3O3/c1-4-20-12-9-19-8-11(12)16-13-6-5-10(7-15-13)14(18)17(2)3/h5-7,11-12H,4,8-9H2,1-3H3,(H,15,16)/t11-,12-/m0/s1. The number of carbonyl (C=O) groups is 1. The molecule has 1 fully saturated rings. The van der Waals surface area contributed by atoms with Crippen LogP contribution in [0.4, 0.5) is 5.82 Å². The second-order valence-electron chi connectivity index (χ2n) is 4.91. The first-order valence-electron chi connectivity index (χ1n) is 6.75. The van der Waals surface area contributed by atoms with Crippen molar-refractivity contribution in [3.63, 3.8) is 0 Å². The van der Waals surface area contributed by atoms with E-state index in [4.69, 9.17) is 9.47 Å². The van der Waals surface area contributed by atoms with Gasteiger partial charge in [-0.15, -0.1) is 0 Å². The van der Waals surface area contributed by atoms with Crippen molar-refractivity contribution in [1.29, 1.82) is 0 Å². The molecule has 6 heteroatoms. The number of carbonyl (C=O) groups excluding carboxylic acids is 1. The van der Waals surface area contributed by atoms with Gasteiger partial charge in [0.1, 0.15) is 11.9 Å². The molecule has 1 aromatic rings. The zero-order chi connectivity index (χ0) is 14.5. The molecule has 0 unspecified atom stereocenters. The van der Waals surface area contributed by atoms with Crippen molar-refractivity contribution in [3.8, 4) is 0 Å². The SMILES string of the molecule is CCO[C@H]1COC[C@@H]1Nc1ccc(C(=O)N(C)C)cn1. The van der Waals surface area contributed by atoms with E-state index in [1.165, 1.54) is 4.90 Å². The monoisotopic (exact) mass is 279 g/mol. The van der Waals surface area contributed by atoms with E-state index in [9.17, 15) is 4.79 Å². The van der Waals surface area contributed by atoms with Gasteiger partial charge in [-0.3, -0.25) is 4.79 Å². The number of aromatic nitrogens is 1. The molecule has 1 aromatic heterocycles. The number of nitrogens with one attached hydrogen (secondary N) is 1. The fourth-order valence-electron chi connectivity index (χ4n) is 2.10. The summed E-state index contributed by atoms with van der Waals surface area (Å²) in [5, 5.41) is 3.29. The molecule has 0 spiro atoms. The minimum atomic E-state index is -0.0551. The van der Waals surface area contributed by atoms with Crippen LogP contribution in [0.1, 0.15) is 17.3 Å². The summed E-state index contributed by atoms with van der Waals surface area (Å²) in [6.07, 6.45) is 1.63. The molecule has 20 heavy (non-hydrogen) atoms. The third-order valence-corrected chi connectivity index (χ3v) is 3.16. The number of pyridine rings is 1. The second kappa shape index (κ2) is 6.67. The van der Waals surface area contributed by atoms with Crippen LogP contribution in [-0.4, -0.2) is 61.9 Å². The molecule has 2 atom stereocenters. The van der Waals surface area contributed by atoms with Crippen molar-refractivity contribution in [2.75, 3.05) is 39.2 Å². The van der Waals surface area contributed by atoms with Gasteiger partial charge in [0, 0.05) is 26.9 Å². The van der Waals surface area contributed by atoms with Gasteiger partial charge in [0.25, 0.3) is 5.91 Å². The lowest BCUT2D eigenvalue weighted by atomic mass is 10.2. The third kappa shape index (κ3) is 3.46. The van der Waals surface area contributed by atoms with E-state index in [0.717, 1.165) is 5.82 Å². The number of rotatable bonds is 5. The molecule has 0 bridgehead atoms. The van der Waals surface area contributed by atoms with Gasteiger partial charge in [0.05, 0.1) is 24.8 Å². The lowest BCUT2D eigenvalue weighted by molar-refractivity contribution is 0.0478. The molecular weight excluding hydrogens is 258 g/mol. The second-order valence-corrected chi connectivity index (χ2v) is 4.91. The van der Waals surface area contributed by atoms with Crippen LogP contribution in [0.15, 0.2) is 18.3 Å². The molecule has 2 rings (SSSR count). The fourth-order valence-corrected chi connectivity index (χ4v) is 2.10. The van der Waals surface area contributed by atoms with Crippen LogP contribution in [0.2, 0.25) is 0 Å². The fraction of sp³-hybridized carbons (Fsp3) is 0.571. The molecule has 2 heterocycles. The Hall–Kier alpha value is -1.66. The summed E-state index contributed by atoms with van der Waals surface area (Å²) < 4.78 is 11.0. The summed E-state index contributed by atoms with van der Waals surface area (Å²) in [6, 6.07) is 3.67. The Morgan fingerprint density at radius 1 is 1.50 bits per heavy atom. The maximum atomic E-state index is 11.8. The van der Waals surface area contributed by atoms with E-state index in [1.54, 1.807) is 32.4 Å². The summed E-state index contributed by atoms with van der Waals surface area (Å²) >= 11 is 0. The van der Waals surface area contributed by atoms with Crippen LogP contribution < -0.4 is 5.32 Å². The number of anilines is 1. The van der Waals surface area contributed by atoms with Crippen molar-refractivity contribution < 1.29 is 14.3 Å². The van der Waals surface area contributed by atoms with Gasteiger partial charge >= 0.3 is 0 Å². The number of ether oxygens (including phenoxy) is 2. The molecule has 6 nitrogen and oxygen atoms in total. The zero-order valence-electron chi connectivity index (χ0n) is 12.1. The smallest absolute Gasteiger partial charge is 0.254 e. The Kier molecular flexibility index (Phi) is 4.92. The lowest BCUT2D eigenvalue weighted by Gasteiger charge is -2.19. The van der Waals surface area contributed by atoms with Gasteiger partial charge in [0.15, 0.2) is 0 Å².